The lowest BCUT2D eigenvalue weighted by Crippen LogP contribution is -2.33. The van der Waals surface area contributed by atoms with Gasteiger partial charge >= 0.3 is 0 Å². The zero-order chi connectivity index (χ0) is 10.8. The Hall–Kier alpha value is 0.250. The molecule has 2 nitrogen and oxygen atoms in total. The van der Waals surface area contributed by atoms with Crippen LogP contribution in [0.4, 0.5) is 0 Å². The molecule has 2 N–H and O–H groups in total. The Labute approximate surface area is 112 Å². The number of halogens is 2. The van der Waals surface area contributed by atoms with Gasteiger partial charge in [0.15, 0.2) is 0 Å². The fourth-order valence-corrected chi connectivity index (χ4v) is 3.13. The van der Waals surface area contributed by atoms with Crippen molar-refractivity contribution in [2.75, 3.05) is 0 Å². The van der Waals surface area contributed by atoms with Crippen molar-refractivity contribution < 1.29 is 0 Å². The third kappa shape index (κ3) is 2.88. The minimum absolute atomic E-state index is 0.0197. The molecule has 0 aromatic heterocycles. The number of nitrogens with two attached hydrogens (primary N) is 1. The molecule has 1 atom stereocenters. The van der Waals surface area contributed by atoms with Crippen LogP contribution in [0.1, 0.15) is 5.56 Å². The Balaban J connectivity index is 2.01. The summed E-state index contributed by atoms with van der Waals surface area (Å²) in [6.07, 6.45) is 0.0197. The molecule has 2 rings (SSSR count). The predicted molar refractivity (Wildman–Crippen MR) is 74.7 cm³/mol. The van der Waals surface area contributed by atoms with Crippen molar-refractivity contribution in [3.63, 3.8) is 0 Å². The van der Waals surface area contributed by atoms with E-state index in [4.69, 9.17) is 17.3 Å². The van der Waals surface area contributed by atoms with Gasteiger partial charge in [-0.1, -0.05) is 23.7 Å². The number of rotatable bonds is 2. The SMILES string of the molecule is NC1C(I)=CSN1Cc1ccc(Cl)cc1. The van der Waals surface area contributed by atoms with Crippen molar-refractivity contribution in [1.29, 1.82) is 0 Å². The molecule has 0 amide bonds. The van der Waals surface area contributed by atoms with Crippen molar-refractivity contribution in [3.05, 3.63) is 43.8 Å². The second-order valence-corrected chi connectivity index (χ2v) is 5.85. The van der Waals surface area contributed by atoms with Crippen molar-refractivity contribution in [2.45, 2.75) is 12.7 Å². The Morgan fingerprint density at radius 2 is 2.07 bits per heavy atom. The molecule has 1 aromatic rings. The molecule has 0 bridgehead atoms. The van der Waals surface area contributed by atoms with E-state index in [1.165, 1.54) is 9.14 Å². The molecular formula is C10H10ClIN2S. The fourth-order valence-electron chi connectivity index (χ4n) is 1.30. The molecule has 1 aromatic carbocycles. The Kier molecular flexibility index (Phi) is 3.95. The Bertz CT molecular complexity index is 380. The summed E-state index contributed by atoms with van der Waals surface area (Å²) in [5.74, 6) is 0. The second kappa shape index (κ2) is 5.05. The van der Waals surface area contributed by atoms with Crippen molar-refractivity contribution >= 4 is 46.1 Å². The molecule has 0 saturated carbocycles. The van der Waals surface area contributed by atoms with Crippen LogP contribution in [-0.2, 0) is 6.54 Å². The molecule has 1 heterocycles. The van der Waals surface area contributed by atoms with Crippen LogP contribution in [0.5, 0.6) is 0 Å². The monoisotopic (exact) mass is 352 g/mol. The summed E-state index contributed by atoms with van der Waals surface area (Å²) in [6.45, 7) is 0.839. The van der Waals surface area contributed by atoms with Gasteiger partial charge in [-0.25, -0.2) is 4.31 Å². The summed E-state index contributed by atoms with van der Waals surface area (Å²) >= 11 is 9.76. The van der Waals surface area contributed by atoms with Crippen LogP contribution in [0.2, 0.25) is 5.02 Å². The zero-order valence-electron chi connectivity index (χ0n) is 7.86. The van der Waals surface area contributed by atoms with E-state index in [0.29, 0.717) is 0 Å². The minimum Gasteiger partial charge on any atom is -0.311 e. The summed E-state index contributed by atoms with van der Waals surface area (Å²) in [7, 11) is 0. The number of hydrogen-bond donors (Lipinski definition) is 1. The molecule has 5 heteroatoms. The van der Waals surface area contributed by atoms with Gasteiger partial charge in [-0.15, -0.1) is 0 Å². The van der Waals surface area contributed by atoms with Crippen LogP contribution in [0, 0.1) is 0 Å². The smallest absolute Gasteiger partial charge is 0.0999 e. The van der Waals surface area contributed by atoms with Crippen LogP contribution in [-0.4, -0.2) is 10.5 Å². The average Bonchev–Trinajstić information content (AvgIpc) is 2.53. The summed E-state index contributed by atoms with van der Waals surface area (Å²) in [6, 6.07) is 7.87. The van der Waals surface area contributed by atoms with Gasteiger partial charge in [0, 0.05) is 15.1 Å². The van der Waals surface area contributed by atoms with Crippen LogP contribution < -0.4 is 5.73 Å². The van der Waals surface area contributed by atoms with Crippen molar-refractivity contribution in [3.8, 4) is 0 Å². The molecule has 0 radical (unpaired) electrons. The van der Waals surface area contributed by atoms with Gasteiger partial charge in [0.05, 0.1) is 6.17 Å². The first-order valence-corrected chi connectivity index (χ1v) is 6.75. The molecule has 80 valence electrons. The molecule has 0 aliphatic carbocycles. The lowest BCUT2D eigenvalue weighted by Gasteiger charge is -2.20. The third-order valence-corrected chi connectivity index (χ3v) is 4.76. The van der Waals surface area contributed by atoms with E-state index < -0.39 is 0 Å². The highest BCUT2D eigenvalue weighted by Crippen LogP contribution is 2.33. The van der Waals surface area contributed by atoms with E-state index >= 15 is 0 Å². The molecule has 0 saturated heterocycles. The highest BCUT2D eigenvalue weighted by atomic mass is 127. The standard InChI is InChI=1S/C10H10ClIN2S/c11-8-3-1-7(2-4-8)5-14-10(13)9(12)6-15-14/h1-4,6,10H,5,13H2. The summed E-state index contributed by atoms with van der Waals surface area (Å²) < 4.78 is 3.33. The lowest BCUT2D eigenvalue weighted by atomic mass is 10.2. The lowest BCUT2D eigenvalue weighted by molar-refractivity contribution is 0.416. The maximum atomic E-state index is 6.00. The van der Waals surface area contributed by atoms with Crippen molar-refractivity contribution in [1.82, 2.24) is 4.31 Å². The quantitative estimate of drug-likeness (QED) is 0.654. The Morgan fingerprint density at radius 3 is 2.60 bits per heavy atom. The van der Waals surface area contributed by atoms with E-state index in [2.05, 4.69) is 32.3 Å². The highest BCUT2D eigenvalue weighted by Gasteiger charge is 2.22. The van der Waals surface area contributed by atoms with E-state index in [-0.39, 0.29) is 6.17 Å². The highest BCUT2D eigenvalue weighted by molar-refractivity contribution is 14.1. The van der Waals surface area contributed by atoms with E-state index in [1.54, 1.807) is 11.9 Å². The van der Waals surface area contributed by atoms with E-state index in [1.807, 2.05) is 24.3 Å². The van der Waals surface area contributed by atoms with Gasteiger partial charge in [-0.3, -0.25) is 0 Å². The number of benzene rings is 1. The normalized spacial score (nSPS) is 21.8. The van der Waals surface area contributed by atoms with Crippen LogP contribution in [0.15, 0.2) is 33.3 Å². The third-order valence-electron chi connectivity index (χ3n) is 2.15. The fraction of sp³-hybridized carbons (Fsp3) is 0.200. The molecule has 1 unspecified atom stereocenters. The summed E-state index contributed by atoms with van der Waals surface area (Å²) in [4.78, 5) is 0. The Morgan fingerprint density at radius 1 is 1.40 bits per heavy atom. The van der Waals surface area contributed by atoms with Crippen LogP contribution >= 0.6 is 46.1 Å². The second-order valence-electron chi connectivity index (χ2n) is 3.25. The maximum Gasteiger partial charge on any atom is 0.0999 e. The van der Waals surface area contributed by atoms with Gasteiger partial charge in [0.25, 0.3) is 0 Å². The first-order chi connectivity index (χ1) is 7.16. The van der Waals surface area contributed by atoms with Gasteiger partial charge in [-0.05, 0) is 57.6 Å². The first-order valence-electron chi connectivity index (χ1n) is 4.46. The van der Waals surface area contributed by atoms with E-state index in [9.17, 15) is 0 Å². The summed E-state index contributed by atoms with van der Waals surface area (Å²) in [5, 5.41) is 2.85. The molecule has 1 aliphatic heterocycles. The van der Waals surface area contributed by atoms with Gasteiger partial charge in [0.2, 0.25) is 0 Å². The zero-order valence-corrected chi connectivity index (χ0v) is 11.6. The molecule has 0 fully saturated rings. The topological polar surface area (TPSA) is 29.3 Å². The van der Waals surface area contributed by atoms with Gasteiger partial charge in [-0.2, -0.15) is 0 Å². The molecule has 1 aliphatic rings. The molecule has 15 heavy (non-hydrogen) atoms. The first kappa shape index (κ1) is 11.7. The molecule has 0 spiro atoms. The average molecular weight is 353 g/mol. The van der Waals surface area contributed by atoms with E-state index in [0.717, 1.165) is 11.6 Å². The largest absolute Gasteiger partial charge is 0.311 e. The number of nitrogens with zero attached hydrogens (tertiary/aromatic N) is 1. The predicted octanol–water partition coefficient (Wildman–Crippen LogP) is 3.37. The molecular weight excluding hydrogens is 343 g/mol. The van der Waals surface area contributed by atoms with Gasteiger partial charge < -0.3 is 5.73 Å². The van der Waals surface area contributed by atoms with Gasteiger partial charge in [0.1, 0.15) is 0 Å². The maximum absolute atomic E-state index is 6.00. The van der Waals surface area contributed by atoms with Crippen LogP contribution in [0.3, 0.4) is 0 Å². The summed E-state index contributed by atoms with van der Waals surface area (Å²) in [5.41, 5.74) is 7.23. The van der Waals surface area contributed by atoms with Crippen molar-refractivity contribution in [2.24, 2.45) is 5.73 Å². The minimum atomic E-state index is 0.0197. The van der Waals surface area contributed by atoms with Crippen LogP contribution in [0.25, 0.3) is 0 Å². The number of hydrogen-bond acceptors (Lipinski definition) is 3.